The van der Waals surface area contributed by atoms with Crippen molar-refractivity contribution >= 4 is 39.6 Å². The first-order valence-electron chi connectivity index (χ1n) is 16.0. The monoisotopic (exact) mass is 685 g/mol. The summed E-state index contributed by atoms with van der Waals surface area (Å²) in [6, 6.07) is 6.62. The average molecular weight is 687 g/mol. The quantitative estimate of drug-likeness (QED) is 0.346. The highest BCUT2D eigenvalue weighted by atomic mass is 79.9. The van der Waals surface area contributed by atoms with Crippen LogP contribution in [0.3, 0.4) is 0 Å². The average Bonchev–Trinajstić information content (AvgIpc) is 3.60. The number of hydrogen-bond donors (Lipinski definition) is 2. The third-order valence-corrected chi connectivity index (χ3v) is 10.5. The summed E-state index contributed by atoms with van der Waals surface area (Å²) >= 11 is 3.59. The van der Waals surface area contributed by atoms with E-state index >= 15 is 0 Å². The first kappa shape index (κ1) is 33.3. The van der Waals surface area contributed by atoms with Crippen LogP contribution in [0.4, 0.5) is 0 Å². The van der Waals surface area contributed by atoms with Crippen LogP contribution in [-0.2, 0) is 28.7 Å². The summed E-state index contributed by atoms with van der Waals surface area (Å²) in [6.07, 6.45) is 5.20. The highest BCUT2D eigenvalue weighted by Crippen LogP contribution is 2.59. The molecule has 0 unspecified atom stereocenters. The van der Waals surface area contributed by atoms with Gasteiger partial charge in [-0.25, -0.2) is 0 Å². The summed E-state index contributed by atoms with van der Waals surface area (Å²) in [5, 5.41) is 13.6. The van der Waals surface area contributed by atoms with Crippen molar-refractivity contribution < 1.29 is 33.8 Å². The predicted molar refractivity (Wildman–Crippen MR) is 171 cm³/mol. The van der Waals surface area contributed by atoms with Gasteiger partial charge in [-0.1, -0.05) is 78.7 Å². The van der Waals surface area contributed by atoms with Crippen molar-refractivity contribution in [2.75, 3.05) is 13.2 Å². The summed E-state index contributed by atoms with van der Waals surface area (Å²) in [5.41, 5.74) is -0.739. The van der Waals surface area contributed by atoms with Crippen molar-refractivity contribution in [3.8, 4) is 0 Å². The zero-order valence-electron chi connectivity index (χ0n) is 26.5. The normalized spacial score (nSPS) is 34.4. The Morgan fingerprint density at radius 2 is 1.78 bits per heavy atom. The number of halogens is 1. The third kappa shape index (κ3) is 5.87. The summed E-state index contributed by atoms with van der Waals surface area (Å²) in [5.74, 6) is -3.79. The third-order valence-electron chi connectivity index (χ3n) is 9.84. The largest absolute Gasteiger partial charge is 0.455 e. The SMILES string of the molecule is CC[C@H](C)[C@H](CO)N1C(=O)[C@@H]2[C@H]3C(=O)O[C@@H](c4ccccc4)[C@H](C)NC(=O)CC/C=C\CN(C(C)C)C(=O)[C@@H]1[C@]21C=C(Br)[C@H]3O1. The van der Waals surface area contributed by atoms with Gasteiger partial charge in [-0.2, -0.15) is 0 Å². The lowest BCUT2D eigenvalue weighted by Crippen LogP contribution is -2.60. The van der Waals surface area contributed by atoms with Crippen LogP contribution in [0.25, 0.3) is 0 Å². The van der Waals surface area contributed by atoms with Crippen LogP contribution in [0.1, 0.15) is 65.5 Å². The number of fused-ring (bicyclic) bond motifs is 2. The number of nitrogens with zero attached hydrogens (tertiary/aromatic N) is 2. The summed E-state index contributed by atoms with van der Waals surface area (Å²) in [7, 11) is 0. The van der Waals surface area contributed by atoms with E-state index in [2.05, 4.69) is 21.2 Å². The number of carbonyl (C=O) groups is 4. The van der Waals surface area contributed by atoms with Crippen molar-refractivity contribution in [2.24, 2.45) is 17.8 Å². The Kier molecular flexibility index (Phi) is 9.91. The maximum atomic E-state index is 14.7. The number of amides is 3. The van der Waals surface area contributed by atoms with Crippen LogP contribution in [0.2, 0.25) is 0 Å². The van der Waals surface area contributed by atoms with Crippen LogP contribution >= 0.6 is 15.9 Å². The minimum absolute atomic E-state index is 0.128. The Balaban J connectivity index is 1.65. The van der Waals surface area contributed by atoms with Gasteiger partial charge in [-0.3, -0.25) is 19.2 Å². The minimum Gasteiger partial charge on any atom is -0.455 e. The molecule has 0 aromatic heterocycles. The van der Waals surface area contributed by atoms with E-state index in [0.29, 0.717) is 22.9 Å². The van der Waals surface area contributed by atoms with Gasteiger partial charge in [-0.15, -0.1) is 0 Å². The summed E-state index contributed by atoms with van der Waals surface area (Å²) < 4.78 is 13.4. The molecule has 45 heavy (non-hydrogen) atoms. The standard InChI is InChI=1S/C34H44BrN3O7/c1-6-20(4)24(18-39)38-30-32(42)37(19(2)3)16-12-8-11-15-25(40)36-21(5)28(22-13-9-7-10-14-22)44-33(43)26-27(31(38)41)34(30)17-23(35)29(26)45-34/h7-10,12-14,17,19-21,24,26-30,39H,6,11,15-16,18H2,1-5H3,(H,36,40)/b12-8-/t20-,21-,24-,26+,27-,28+,29+,30+,34-/m0/s1. The number of ether oxygens (including phenoxy) is 2. The molecule has 1 spiro atoms. The number of carbonyl (C=O) groups excluding carboxylic acids is 4. The van der Waals surface area contributed by atoms with Crippen LogP contribution in [0.5, 0.6) is 0 Å². The molecule has 11 heteroatoms. The molecule has 0 saturated carbocycles. The van der Waals surface area contributed by atoms with Crippen LogP contribution in [-0.4, -0.2) is 87.6 Å². The molecule has 2 saturated heterocycles. The van der Waals surface area contributed by atoms with Gasteiger partial charge in [0, 0.05) is 23.5 Å². The van der Waals surface area contributed by atoms with Crippen molar-refractivity contribution in [1.82, 2.24) is 15.1 Å². The number of benzene rings is 1. The highest BCUT2D eigenvalue weighted by molar-refractivity contribution is 9.11. The van der Waals surface area contributed by atoms with Crippen molar-refractivity contribution in [3.05, 3.63) is 58.6 Å². The van der Waals surface area contributed by atoms with Gasteiger partial charge in [0.15, 0.2) is 0 Å². The fraction of sp³-hybridized carbons (Fsp3) is 0.588. The van der Waals surface area contributed by atoms with Crippen molar-refractivity contribution in [3.63, 3.8) is 0 Å². The number of rotatable bonds is 6. The molecule has 4 aliphatic rings. The molecule has 0 radical (unpaired) electrons. The molecule has 10 nitrogen and oxygen atoms in total. The van der Waals surface area contributed by atoms with Gasteiger partial charge in [0.05, 0.1) is 24.6 Å². The van der Waals surface area contributed by atoms with E-state index in [0.717, 1.165) is 0 Å². The van der Waals surface area contributed by atoms with E-state index in [1.807, 2.05) is 70.2 Å². The van der Waals surface area contributed by atoms with Crippen LogP contribution < -0.4 is 5.32 Å². The van der Waals surface area contributed by atoms with E-state index in [4.69, 9.17) is 9.47 Å². The van der Waals surface area contributed by atoms with E-state index in [1.54, 1.807) is 17.9 Å². The number of aliphatic hydroxyl groups excluding tert-OH is 1. The second-order valence-electron chi connectivity index (χ2n) is 12.9. The van der Waals surface area contributed by atoms with Gasteiger partial charge in [0.1, 0.15) is 29.8 Å². The van der Waals surface area contributed by atoms with Gasteiger partial charge in [0.2, 0.25) is 17.7 Å². The molecule has 3 amide bonds. The second-order valence-corrected chi connectivity index (χ2v) is 13.8. The Morgan fingerprint density at radius 3 is 2.42 bits per heavy atom. The molecule has 4 heterocycles. The van der Waals surface area contributed by atoms with E-state index in [1.165, 1.54) is 4.90 Å². The maximum absolute atomic E-state index is 14.7. The molecule has 244 valence electrons. The molecule has 1 aromatic carbocycles. The van der Waals surface area contributed by atoms with E-state index in [9.17, 15) is 24.3 Å². The molecule has 2 N–H and O–H groups in total. The minimum atomic E-state index is -1.44. The lowest BCUT2D eigenvalue weighted by molar-refractivity contribution is -0.162. The molecule has 1 aromatic rings. The number of allylic oxidation sites excluding steroid dienone is 1. The smallest absolute Gasteiger partial charge is 0.313 e. The Hall–Kier alpha value is -3.02. The first-order valence-corrected chi connectivity index (χ1v) is 16.7. The summed E-state index contributed by atoms with van der Waals surface area (Å²) in [6.45, 7) is 9.43. The molecular formula is C34H44BrN3O7. The maximum Gasteiger partial charge on any atom is 0.313 e. The second kappa shape index (κ2) is 13.4. The molecule has 5 bridgehead atoms. The fourth-order valence-electron chi connectivity index (χ4n) is 7.32. The number of esters is 1. The molecule has 4 aliphatic heterocycles. The number of nitrogens with one attached hydrogen (secondary N) is 1. The van der Waals surface area contributed by atoms with E-state index < -0.39 is 59.6 Å². The summed E-state index contributed by atoms with van der Waals surface area (Å²) in [4.78, 5) is 59.7. The zero-order valence-corrected chi connectivity index (χ0v) is 28.1. The molecule has 2 fully saturated rings. The van der Waals surface area contributed by atoms with Crippen LogP contribution in [0.15, 0.2) is 53.0 Å². The predicted octanol–water partition coefficient (Wildman–Crippen LogP) is 3.64. The number of aliphatic hydroxyl groups is 1. The van der Waals surface area contributed by atoms with Gasteiger partial charge in [-0.05, 0) is 44.7 Å². The van der Waals surface area contributed by atoms with E-state index in [-0.39, 0.29) is 43.3 Å². The number of cyclic esters (lactones) is 1. The topological polar surface area (TPSA) is 125 Å². The zero-order chi connectivity index (χ0) is 32.6. The van der Waals surface area contributed by atoms with Gasteiger partial charge >= 0.3 is 5.97 Å². The lowest BCUT2D eigenvalue weighted by Gasteiger charge is -2.41. The molecule has 9 atom stereocenters. The van der Waals surface area contributed by atoms with Crippen LogP contribution in [0, 0.1) is 17.8 Å². The first-order chi connectivity index (χ1) is 21.5. The highest BCUT2D eigenvalue weighted by Gasteiger charge is 2.75. The molecular weight excluding hydrogens is 642 g/mol. The number of hydrogen-bond acceptors (Lipinski definition) is 7. The Labute approximate surface area is 273 Å². The van der Waals surface area contributed by atoms with Crippen molar-refractivity contribution in [2.45, 2.75) is 95.9 Å². The number of likely N-dealkylation sites (tertiary alicyclic amines) is 1. The van der Waals surface area contributed by atoms with Gasteiger partial charge in [0.25, 0.3) is 0 Å². The Bertz CT molecular complexity index is 1370. The van der Waals surface area contributed by atoms with Gasteiger partial charge < -0.3 is 29.7 Å². The van der Waals surface area contributed by atoms with Crippen molar-refractivity contribution in [1.29, 1.82) is 0 Å². The molecule has 0 aliphatic carbocycles. The fourth-order valence-corrected chi connectivity index (χ4v) is 8.05. The Morgan fingerprint density at radius 1 is 1.07 bits per heavy atom. The molecule has 5 rings (SSSR count). The lowest BCUT2D eigenvalue weighted by atomic mass is 9.74.